The van der Waals surface area contributed by atoms with Gasteiger partial charge in [-0.3, -0.25) is 4.79 Å². The van der Waals surface area contributed by atoms with Gasteiger partial charge in [-0.25, -0.2) is 13.1 Å². The highest BCUT2D eigenvalue weighted by atomic mass is 32.2. The van der Waals surface area contributed by atoms with Crippen molar-refractivity contribution in [1.82, 2.24) is 10.0 Å². The molecule has 2 unspecified atom stereocenters. The zero-order chi connectivity index (χ0) is 17.0. The van der Waals surface area contributed by atoms with E-state index < -0.39 is 10.0 Å². The number of carbonyl (C=O) groups excluding carboxylic acids is 1. The molecule has 1 saturated carbocycles. The zero-order valence-electron chi connectivity index (χ0n) is 14.1. The van der Waals surface area contributed by atoms with Crippen molar-refractivity contribution in [2.24, 2.45) is 5.92 Å². The van der Waals surface area contributed by atoms with Crippen molar-refractivity contribution in [3.63, 3.8) is 0 Å². The topological polar surface area (TPSA) is 75.3 Å². The molecule has 1 aliphatic rings. The highest BCUT2D eigenvalue weighted by molar-refractivity contribution is 7.89. The molecule has 1 aliphatic carbocycles. The Bertz CT molecular complexity index is 670. The standard InChI is InChI=1S/C17H26N2O3S/c1-4-18-23(21,22)14-10-9-12(2)15(11-14)17(20)19-16-8-6-5-7-13(16)3/h9-11,13,16,18H,4-8H2,1-3H3,(H,19,20). The largest absolute Gasteiger partial charge is 0.349 e. The molecule has 1 aromatic carbocycles. The lowest BCUT2D eigenvalue weighted by Gasteiger charge is -2.29. The molecule has 1 aromatic rings. The maximum Gasteiger partial charge on any atom is 0.251 e. The fourth-order valence-electron chi connectivity index (χ4n) is 3.06. The van der Waals surface area contributed by atoms with Crippen LogP contribution in [-0.4, -0.2) is 26.9 Å². The Morgan fingerprint density at radius 1 is 1.26 bits per heavy atom. The third-order valence-corrected chi connectivity index (χ3v) is 6.07. The van der Waals surface area contributed by atoms with Gasteiger partial charge in [0.15, 0.2) is 0 Å². The number of hydrogen-bond donors (Lipinski definition) is 2. The van der Waals surface area contributed by atoms with Crippen LogP contribution >= 0.6 is 0 Å². The van der Waals surface area contributed by atoms with Crippen LogP contribution in [0.15, 0.2) is 23.1 Å². The van der Waals surface area contributed by atoms with Crippen LogP contribution in [-0.2, 0) is 10.0 Å². The molecule has 6 heteroatoms. The van der Waals surface area contributed by atoms with Gasteiger partial charge in [0.2, 0.25) is 10.0 Å². The summed E-state index contributed by atoms with van der Waals surface area (Å²) in [6.45, 7) is 6.02. The molecule has 2 atom stereocenters. The van der Waals surface area contributed by atoms with Crippen molar-refractivity contribution >= 4 is 15.9 Å². The molecule has 0 saturated heterocycles. The first-order valence-electron chi connectivity index (χ1n) is 8.26. The molecule has 1 fully saturated rings. The van der Waals surface area contributed by atoms with Crippen LogP contribution in [0.1, 0.15) is 55.5 Å². The van der Waals surface area contributed by atoms with Crippen LogP contribution in [0.2, 0.25) is 0 Å². The van der Waals surface area contributed by atoms with E-state index in [-0.39, 0.29) is 16.8 Å². The Hall–Kier alpha value is -1.40. The fourth-order valence-corrected chi connectivity index (χ4v) is 4.13. The second-order valence-electron chi connectivity index (χ2n) is 6.32. The first kappa shape index (κ1) is 17.9. The summed E-state index contributed by atoms with van der Waals surface area (Å²) in [5.41, 5.74) is 1.21. The van der Waals surface area contributed by atoms with Crippen molar-refractivity contribution < 1.29 is 13.2 Å². The van der Waals surface area contributed by atoms with Gasteiger partial charge >= 0.3 is 0 Å². The second-order valence-corrected chi connectivity index (χ2v) is 8.09. The molecular weight excluding hydrogens is 312 g/mol. The monoisotopic (exact) mass is 338 g/mol. The Balaban J connectivity index is 2.22. The van der Waals surface area contributed by atoms with Gasteiger partial charge in [0.25, 0.3) is 5.91 Å². The Kier molecular flexibility index (Phi) is 5.81. The van der Waals surface area contributed by atoms with Gasteiger partial charge in [0.1, 0.15) is 0 Å². The summed E-state index contributed by atoms with van der Waals surface area (Å²) in [5.74, 6) is 0.275. The molecule has 0 aliphatic heterocycles. The number of aryl methyl sites for hydroxylation is 1. The lowest BCUT2D eigenvalue weighted by atomic mass is 9.86. The Morgan fingerprint density at radius 3 is 2.61 bits per heavy atom. The third-order valence-electron chi connectivity index (χ3n) is 4.53. The van der Waals surface area contributed by atoms with Crippen molar-refractivity contribution in [2.75, 3.05) is 6.54 Å². The van der Waals surface area contributed by atoms with E-state index in [1.54, 1.807) is 13.0 Å². The second kappa shape index (κ2) is 7.45. The third kappa shape index (κ3) is 4.32. The number of carbonyl (C=O) groups is 1. The molecular formula is C17H26N2O3S. The average molecular weight is 338 g/mol. The van der Waals surface area contributed by atoms with Gasteiger partial charge in [-0.1, -0.05) is 32.8 Å². The average Bonchev–Trinajstić information content (AvgIpc) is 2.49. The van der Waals surface area contributed by atoms with Crippen molar-refractivity contribution in [2.45, 2.75) is 57.4 Å². The number of sulfonamides is 1. The molecule has 0 aromatic heterocycles. The molecule has 2 rings (SSSR count). The molecule has 128 valence electrons. The van der Waals surface area contributed by atoms with E-state index in [2.05, 4.69) is 17.0 Å². The SMILES string of the molecule is CCNS(=O)(=O)c1ccc(C)c(C(=O)NC2CCCCC2C)c1. The molecule has 5 nitrogen and oxygen atoms in total. The quantitative estimate of drug-likeness (QED) is 0.866. The van der Waals surface area contributed by atoms with Crippen LogP contribution in [0.5, 0.6) is 0 Å². The van der Waals surface area contributed by atoms with Crippen LogP contribution < -0.4 is 10.0 Å². The lowest BCUT2D eigenvalue weighted by molar-refractivity contribution is 0.0909. The first-order valence-corrected chi connectivity index (χ1v) is 9.74. The summed E-state index contributed by atoms with van der Waals surface area (Å²) < 4.78 is 26.7. The highest BCUT2D eigenvalue weighted by Gasteiger charge is 2.24. The van der Waals surface area contributed by atoms with Crippen molar-refractivity contribution in [3.8, 4) is 0 Å². The molecule has 1 amide bonds. The maximum atomic E-state index is 12.6. The number of hydrogen-bond acceptors (Lipinski definition) is 3. The predicted molar refractivity (Wildman–Crippen MR) is 90.9 cm³/mol. The van der Waals surface area contributed by atoms with E-state index >= 15 is 0 Å². The predicted octanol–water partition coefficient (Wildman–Crippen LogP) is 2.60. The highest BCUT2D eigenvalue weighted by Crippen LogP contribution is 2.24. The van der Waals surface area contributed by atoms with E-state index in [0.717, 1.165) is 24.8 Å². The number of rotatable bonds is 5. The van der Waals surface area contributed by atoms with Gasteiger partial charge in [-0.2, -0.15) is 0 Å². The van der Waals surface area contributed by atoms with Crippen LogP contribution in [0.3, 0.4) is 0 Å². The lowest BCUT2D eigenvalue weighted by Crippen LogP contribution is -2.41. The van der Waals surface area contributed by atoms with Gasteiger partial charge in [-0.15, -0.1) is 0 Å². The summed E-state index contributed by atoms with van der Waals surface area (Å²) in [7, 11) is -3.56. The Morgan fingerprint density at radius 2 is 1.96 bits per heavy atom. The molecule has 0 heterocycles. The van der Waals surface area contributed by atoms with Crippen LogP contribution in [0.25, 0.3) is 0 Å². The van der Waals surface area contributed by atoms with Crippen molar-refractivity contribution in [3.05, 3.63) is 29.3 Å². The summed E-state index contributed by atoms with van der Waals surface area (Å²) >= 11 is 0. The number of nitrogens with one attached hydrogen (secondary N) is 2. The van der Waals surface area contributed by atoms with Crippen LogP contribution in [0, 0.1) is 12.8 Å². The van der Waals surface area contributed by atoms with E-state index in [1.165, 1.54) is 18.6 Å². The Labute approximate surface area is 138 Å². The van der Waals surface area contributed by atoms with E-state index in [4.69, 9.17) is 0 Å². The molecule has 0 spiro atoms. The van der Waals surface area contributed by atoms with E-state index in [1.807, 2.05) is 6.92 Å². The van der Waals surface area contributed by atoms with Gasteiger partial charge < -0.3 is 5.32 Å². The smallest absolute Gasteiger partial charge is 0.251 e. The molecule has 0 bridgehead atoms. The van der Waals surface area contributed by atoms with E-state index in [9.17, 15) is 13.2 Å². The molecule has 23 heavy (non-hydrogen) atoms. The van der Waals surface area contributed by atoms with Crippen molar-refractivity contribution in [1.29, 1.82) is 0 Å². The van der Waals surface area contributed by atoms with Gasteiger partial charge in [0, 0.05) is 18.2 Å². The summed E-state index contributed by atoms with van der Waals surface area (Å²) in [5, 5.41) is 3.08. The zero-order valence-corrected chi connectivity index (χ0v) is 14.9. The minimum atomic E-state index is -3.56. The maximum absolute atomic E-state index is 12.6. The van der Waals surface area contributed by atoms with Gasteiger partial charge in [-0.05, 0) is 43.4 Å². The summed E-state index contributed by atoms with van der Waals surface area (Å²) in [4.78, 5) is 12.7. The minimum Gasteiger partial charge on any atom is -0.349 e. The number of amides is 1. The normalized spacial score (nSPS) is 21.9. The van der Waals surface area contributed by atoms with E-state index in [0.29, 0.717) is 18.0 Å². The minimum absolute atomic E-state index is 0.131. The molecule has 2 N–H and O–H groups in total. The van der Waals surface area contributed by atoms with Crippen LogP contribution in [0.4, 0.5) is 0 Å². The summed E-state index contributed by atoms with van der Waals surface area (Å²) in [6.07, 6.45) is 4.45. The summed E-state index contributed by atoms with van der Waals surface area (Å²) in [6, 6.07) is 4.86. The molecule has 0 radical (unpaired) electrons. The van der Waals surface area contributed by atoms with Gasteiger partial charge in [0.05, 0.1) is 4.90 Å². The fraction of sp³-hybridized carbons (Fsp3) is 0.588. The first-order chi connectivity index (χ1) is 10.8. The number of benzene rings is 1.